The quantitative estimate of drug-likeness (QED) is 0.789. The molecule has 0 aliphatic carbocycles. The number of benzene rings is 2. The SMILES string of the molecule is CCOc1ccccc1OCC(=O)Nc1cc(Cl)c(O)cc1F. The number of ether oxygens (including phenoxy) is 2. The summed E-state index contributed by atoms with van der Waals surface area (Å²) < 4.78 is 24.4. The monoisotopic (exact) mass is 339 g/mol. The van der Waals surface area contributed by atoms with Gasteiger partial charge in [-0.1, -0.05) is 23.7 Å². The second-order valence-corrected chi connectivity index (χ2v) is 4.91. The third-order valence-electron chi connectivity index (χ3n) is 2.82. The largest absolute Gasteiger partial charge is 0.506 e. The highest BCUT2D eigenvalue weighted by atomic mass is 35.5. The fraction of sp³-hybridized carbons (Fsp3) is 0.188. The minimum absolute atomic E-state index is 0.0655. The van der Waals surface area contributed by atoms with Crippen LogP contribution < -0.4 is 14.8 Å². The Balaban J connectivity index is 2.00. The molecule has 0 spiro atoms. The molecule has 122 valence electrons. The molecule has 0 bridgehead atoms. The second-order valence-electron chi connectivity index (χ2n) is 4.50. The summed E-state index contributed by atoms with van der Waals surface area (Å²) in [6.07, 6.45) is 0. The Kier molecular flexibility index (Phi) is 5.65. The number of nitrogens with one attached hydrogen (secondary N) is 1. The van der Waals surface area contributed by atoms with Crippen molar-refractivity contribution in [2.45, 2.75) is 6.92 Å². The highest BCUT2D eigenvalue weighted by molar-refractivity contribution is 6.32. The third kappa shape index (κ3) is 4.50. The minimum atomic E-state index is -0.796. The summed E-state index contributed by atoms with van der Waals surface area (Å²) in [5.74, 6) is -0.841. The average molecular weight is 340 g/mol. The van der Waals surface area contributed by atoms with E-state index in [1.165, 1.54) is 0 Å². The summed E-state index contributed by atoms with van der Waals surface area (Å²) in [4.78, 5) is 11.9. The van der Waals surface area contributed by atoms with Crippen molar-refractivity contribution in [1.82, 2.24) is 0 Å². The van der Waals surface area contributed by atoms with Gasteiger partial charge in [-0.15, -0.1) is 0 Å². The van der Waals surface area contributed by atoms with Crippen molar-refractivity contribution in [2.24, 2.45) is 0 Å². The number of anilines is 1. The fourth-order valence-electron chi connectivity index (χ4n) is 1.81. The van der Waals surface area contributed by atoms with E-state index in [1.54, 1.807) is 24.3 Å². The number of amides is 1. The molecule has 2 rings (SSSR count). The van der Waals surface area contributed by atoms with Crippen LogP contribution in [0.3, 0.4) is 0 Å². The van der Waals surface area contributed by atoms with Gasteiger partial charge in [0.2, 0.25) is 0 Å². The highest BCUT2D eigenvalue weighted by Crippen LogP contribution is 2.29. The van der Waals surface area contributed by atoms with Crippen LogP contribution in [-0.4, -0.2) is 24.2 Å². The smallest absolute Gasteiger partial charge is 0.262 e. The van der Waals surface area contributed by atoms with Gasteiger partial charge < -0.3 is 19.9 Å². The molecule has 0 fully saturated rings. The Morgan fingerprint density at radius 2 is 1.91 bits per heavy atom. The van der Waals surface area contributed by atoms with Gasteiger partial charge in [-0.3, -0.25) is 4.79 Å². The number of carbonyl (C=O) groups is 1. The summed E-state index contributed by atoms with van der Waals surface area (Å²) in [5.41, 5.74) is -0.139. The predicted octanol–water partition coefficient (Wildman–Crippen LogP) is 3.60. The Hall–Kier alpha value is -2.47. The van der Waals surface area contributed by atoms with Crippen molar-refractivity contribution < 1.29 is 23.8 Å². The van der Waals surface area contributed by atoms with Crippen LogP contribution in [0.2, 0.25) is 5.02 Å². The van der Waals surface area contributed by atoms with E-state index in [0.717, 1.165) is 12.1 Å². The topological polar surface area (TPSA) is 67.8 Å². The molecule has 2 N–H and O–H groups in total. The number of phenols is 1. The van der Waals surface area contributed by atoms with E-state index in [-0.39, 0.29) is 17.3 Å². The van der Waals surface area contributed by atoms with Gasteiger partial charge in [-0.05, 0) is 25.1 Å². The lowest BCUT2D eigenvalue weighted by Crippen LogP contribution is -2.21. The number of carbonyl (C=O) groups excluding carboxylic acids is 1. The molecule has 0 aliphatic heterocycles. The molecule has 0 aliphatic rings. The van der Waals surface area contributed by atoms with Crippen molar-refractivity contribution in [3.63, 3.8) is 0 Å². The lowest BCUT2D eigenvalue weighted by molar-refractivity contribution is -0.118. The summed E-state index contributed by atoms with van der Waals surface area (Å²) in [7, 11) is 0. The zero-order valence-electron chi connectivity index (χ0n) is 12.3. The molecule has 0 atom stereocenters. The van der Waals surface area contributed by atoms with E-state index >= 15 is 0 Å². The van der Waals surface area contributed by atoms with E-state index in [1.807, 2.05) is 6.92 Å². The van der Waals surface area contributed by atoms with Crippen LogP contribution in [0.1, 0.15) is 6.92 Å². The van der Waals surface area contributed by atoms with Crippen LogP contribution in [-0.2, 0) is 4.79 Å². The van der Waals surface area contributed by atoms with E-state index < -0.39 is 17.5 Å². The molecule has 2 aromatic carbocycles. The molecule has 0 heterocycles. The summed E-state index contributed by atoms with van der Waals surface area (Å²) in [5, 5.41) is 11.5. The number of hydrogen-bond donors (Lipinski definition) is 2. The Labute approximate surface area is 137 Å². The molecule has 1 amide bonds. The maximum Gasteiger partial charge on any atom is 0.262 e. The minimum Gasteiger partial charge on any atom is -0.506 e. The van der Waals surface area contributed by atoms with Gasteiger partial charge in [0.05, 0.1) is 17.3 Å². The van der Waals surface area contributed by atoms with Gasteiger partial charge in [-0.25, -0.2) is 4.39 Å². The zero-order valence-corrected chi connectivity index (χ0v) is 13.1. The normalized spacial score (nSPS) is 10.2. The van der Waals surface area contributed by atoms with Crippen LogP contribution in [0.5, 0.6) is 17.2 Å². The van der Waals surface area contributed by atoms with Gasteiger partial charge in [0.25, 0.3) is 5.91 Å². The van der Waals surface area contributed by atoms with Crippen LogP contribution >= 0.6 is 11.6 Å². The first-order valence-corrected chi connectivity index (χ1v) is 7.21. The summed E-state index contributed by atoms with van der Waals surface area (Å²) >= 11 is 5.68. The van der Waals surface area contributed by atoms with E-state index in [2.05, 4.69) is 5.32 Å². The van der Waals surface area contributed by atoms with Crippen LogP contribution in [0.4, 0.5) is 10.1 Å². The fourth-order valence-corrected chi connectivity index (χ4v) is 1.97. The van der Waals surface area contributed by atoms with E-state index in [4.69, 9.17) is 21.1 Å². The third-order valence-corrected chi connectivity index (χ3v) is 3.12. The first-order valence-electron chi connectivity index (χ1n) is 6.83. The molecule has 0 saturated carbocycles. The number of aromatic hydroxyl groups is 1. The lowest BCUT2D eigenvalue weighted by atomic mass is 10.3. The van der Waals surface area contributed by atoms with Gasteiger partial charge in [0.1, 0.15) is 11.6 Å². The second kappa shape index (κ2) is 7.69. The first kappa shape index (κ1) is 16.9. The molecule has 5 nitrogen and oxygen atoms in total. The van der Waals surface area contributed by atoms with Crippen molar-refractivity contribution in [1.29, 1.82) is 0 Å². The predicted molar refractivity (Wildman–Crippen MR) is 84.8 cm³/mol. The molecule has 23 heavy (non-hydrogen) atoms. The van der Waals surface area contributed by atoms with Crippen LogP contribution in [0, 0.1) is 5.82 Å². The maximum absolute atomic E-state index is 13.6. The Morgan fingerprint density at radius 3 is 2.57 bits per heavy atom. The molecule has 7 heteroatoms. The Bertz CT molecular complexity index is 708. The summed E-state index contributed by atoms with van der Waals surface area (Å²) in [6, 6.07) is 8.86. The number of rotatable bonds is 6. The number of hydrogen-bond acceptors (Lipinski definition) is 4. The van der Waals surface area contributed by atoms with Crippen LogP contribution in [0.15, 0.2) is 36.4 Å². The standard InChI is InChI=1S/C16H15ClFNO4/c1-2-22-14-5-3-4-6-15(14)23-9-16(21)19-12-7-10(17)13(20)8-11(12)18/h3-8,20H,2,9H2,1H3,(H,19,21). The average Bonchev–Trinajstić information content (AvgIpc) is 2.52. The molecule has 0 aromatic heterocycles. The van der Waals surface area contributed by atoms with Gasteiger partial charge in [-0.2, -0.15) is 0 Å². The number of halogens is 2. The highest BCUT2D eigenvalue weighted by Gasteiger charge is 2.12. The molecular weight excluding hydrogens is 325 g/mol. The Morgan fingerprint density at radius 1 is 1.26 bits per heavy atom. The van der Waals surface area contributed by atoms with Crippen molar-refractivity contribution >= 4 is 23.2 Å². The van der Waals surface area contributed by atoms with E-state index in [0.29, 0.717) is 18.1 Å². The van der Waals surface area contributed by atoms with Crippen LogP contribution in [0.25, 0.3) is 0 Å². The molecule has 2 aromatic rings. The van der Waals surface area contributed by atoms with Gasteiger partial charge in [0, 0.05) is 6.07 Å². The van der Waals surface area contributed by atoms with Crippen molar-refractivity contribution in [3.05, 3.63) is 47.2 Å². The molecular formula is C16H15ClFNO4. The maximum atomic E-state index is 13.6. The van der Waals surface area contributed by atoms with E-state index in [9.17, 15) is 14.3 Å². The van der Waals surface area contributed by atoms with Gasteiger partial charge in [0.15, 0.2) is 18.1 Å². The number of phenolic OH excluding ortho intramolecular Hbond substituents is 1. The molecule has 0 unspecified atom stereocenters. The molecule has 0 saturated heterocycles. The first-order chi connectivity index (χ1) is 11.0. The molecule has 0 radical (unpaired) electrons. The number of para-hydroxylation sites is 2. The van der Waals surface area contributed by atoms with Crippen molar-refractivity contribution in [3.8, 4) is 17.2 Å². The zero-order chi connectivity index (χ0) is 16.8. The van der Waals surface area contributed by atoms with Crippen molar-refractivity contribution in [2.75, 3.05) is 18.5 Å². The lowest BCUT2D eigenvalue weighted by Gasteiger charge is -2.12. The summed E-state index contributed by atoms with van der Waals surface area (Å²) in [6.45, 7) is 1.96. The van der Waals surface area contributed by atoms with Gasteiger partial charge >= 0.3 is 0 Å².